The SMILES string of the molecule is Cc1cccc(-c2noc([C@@H]3CCCCN3C(=O)Nc3cccc(C)c3C)n2)c1. The predicted molar refractivity (Wildman–Crippen MR) is 113 cm³/mol. The van der Waals surface area contributed by atoms with Gasteiger partial charge in [0, 0.05) is 17.8 Å². The molecule has 29 heavy (non-hydrogen) atoms. The fourth-order valence-corrected chi connectivity index (χ4v) is 3.78. The summed E-state index contributed by atoms with van der Waals surface area (Å²) >= 11 is 0. The van der Waals surface area contributed by atoms with E-state index in [1.54, 1.807) is 0 Å². The number of aromatic nitrogens is 2. The number of nitrogens with one attached hydrogen (secondary N) is 1. The molecule has 3 aromatic rings. The van der Waals surface area contributed by atoms with E-state index in [0.717, 1.165) is 47.2 Å². The molecule has 2 amide bonds. The number of rotatable bonds is 3. The summed E-state index contributed by atoms with van der Waals surface area (Å²) < 4.78 is 5.59. The van der Waals surface area contributed by atoms with Gasteiger partial charge in [-0.2, -0.15) is 4.98 Å². The van der Waals surface area contributed by atoms with Crippen LogP contribution in [0.5, 0.6) is 0 Å². The highest BCUT2D eigenvalue weighted by Gasteiger charge is 2.32. The van der Waals surface area contributed by atoms with Gasteiger partial charge in [-0.05, 0) is 63.3 Å². The lowest BCUT2D eigenvalue weighted by molar-refractivity contribution is 0.142. The minimum atomic E-state index is -0.208. The van der Waals surface area contributed by atoms with Gasteiger partial charge in [0.2, 0.25) is 11.7 Å². The van der Waals surface area contributed by atoms with Crippen molar-refractivity contribution < 1.29 is 9.32 Å². The molecule has 0 saturated carbocycles. The molecule has 1 aliphatic rings. The first-order valence-electron chi connectivity index (χ1n) is 10.1. The summed E-state index contributed by atoms with van der Waals surface area (Å²) in [6.45, 7) is 6.76. The van der Waals surface area contributed by atoms with Crippen LogP contribution >= 0.6 is 0 Å². The molecule has 1 N–H and O–H groups in total. The standard InChI is InChI=1S/C23H26N4O2/c1-15-8-6-10-18(14-15)21-25-22(29-26-21)20-12-4-5-13-27(20)23(28)24-19-11-7-9-16(2)17(19)3/h6-11,14,20H,4-5,12-13H2,1-3H3,(H,24,28)/t20-/m0/s1. The number of benzene rings is 2. The Morgan fingerprint density at radius 1 is 1.14 bits per heavy atom. The summed E-state index contributed by atoms with van der Waals surface area (Å²) in [7, 11) is 0. The van der Waals surface area contributed by atoms with E-state index >= 15 is 0 Å². The number of piperidine rings is 1. The van der Waals surface area contributed by atoms with Gasteiger partial charge in [0.05, 0.1) is 0 Å². The average Bonchev–Trinajstić information content (AvgIpc) is 3.21. The van der Waals surface area contributed by atoms with Gasteiger partial charge in [0.25, 0.3) is 0 Å². The predicted octanol–water partition coefficient (Wildman–Crippen LogP) is 5.42. The maximum Gasteiger partial charge on any atom is 0.322 e. The maximum absolute atomic E-state index is 13.1. The Morgan fingerprint density at radius 2 is 1.97 bits per heavy atom. The van der Waals surface area contributed by atoms with Crippen molar-refractivity contribution in [2.45, 2.75) is 46.1 Å². The van der Waals surface area contributed by atoms with Gasteiger partial charge in [0.1, 0.15) is 6.04 Å². The van der Waals surface area contributed by atoms with Crippen LogP contribution in [0.1, 0.15) is 47.9 Å². The summed E-state index contributed by atoms with van der Waals surface area (Å²) in [5.41, 5.74) is 5.13. The zero-order valence-corrected chi connectivity index (χ0v) is 17.1. The van der Waals surface area contributed by atoms with Crippen LogP contribution in [0.25, 0.3) is 11.4 Å². The van der Waals surface area contributed by atoms with Gasteiger partial charge in [-0.1, -0.05) is 41.1 Å². The van der Waals surface area contributed by atoms with Gasteiger partial charge < -0.3 is 14.7 Å². The van der Waals surface area contributed by atoms with Gasteiger partial charge in [-0.15, -0.1) is 0 Å². The summed E-state index contributed by atoms with van der Waals surface area (Å²) in [6, 6.07) is 13.6. The Balaban J connectivity index is 1.56. The van der Waals surface area contributed by atoms with Crippen molar-refractivity contribution >= 4 is 11.7 Å². The van der Waals surface area contributed by atoms with Gasteiger partial charge in [-0.25, -0.2) is 4.79 Å². The first-order chi connectivity index (χ1) is 14.0. The lowest BCUT2D eigenvalue weighted by Crippen LogP contribution is -2.41. The molecule has 1 aliphatic heterocycles. The molecular weight excluding hydrogens is 364 g/mol. The van der Waals surface area contributed by atoms with Crippen molar-refractivity contribution in [3.63, 3.8) is 0 Å². The van der Waals surface area contributed by atoms with Crippen LogP contribution in [0.2, 0.25) is 0 Å². The minimum Gasteiger partial charge on any atom is -0.337 e. The number of hydrogen-bond donors (Lipinski definition) is 1. The highest BCUT2D eigenvalue weighted by Crippen LogP contribution is 2.32. The molecule has 0 spiro atoms. The Kier molecular flexibility index (Phi) is 5.34. The zero-order valence-electron chi connectivity index (χ0n) is 17.1. The molecule has 2 aromatic carbocycles. The second-order valence-corrected chi connectivity index (χ2v) is 7.71. The van der Waals surface area contributed by atoms with Crippen molar-refractivity contribution in [3.8, 4) is 11.4 Å². The second kappa shape index (κ2) is 8.07. The van der Waals surface area contributed by atoms with Crippen LogP contribution in [-0.2, 0) is 0 Å². The number of amides is 2. The fourth-order valence-electron chi connectivity index (χ4n) is 3.78. The summed E-state index contributed by atoms with van der Waals surface area (Å²) in [5.74, 6) is 1.06. The topological polar surface area (TPSA) is 71.3 Å². The first-order valence-corrected chi connectivity index (χ1v) is 10.1. The van der Waals surface area contributed by atoms with Crippen molar-refractivity contribution in [2.75, 3.05) is 11.9 Å². The van der Waals surface area contributed by atoms with Crippen LogP contribution in [0.15, 0.2) is 47.0 Å². The third-order valence-corrected chi connectivity index (χ3v) is 5.61. The van der Waals surface area contributed by atoms with Crippen LogP contribution < -0.4 is 5.32 Å². The lowest BCUT2D eigenvalue weighted by Gasteiger charge is -2.33. The third-order valence-electron chi connectivity index (χ3n) is 5.61. The Morgan fingerprint density at radius 3 is 2.79 bits per heavy atom. The van der Waals surface area contributed by atoms with E-state index in [4.69, 9.17) is 4.52 Å². The molecule has 150 valence electrons. The average molecular weight is 390 g/mol. The molecule has 6 heteroatoms. The molecule has 1 aromatic heterocycles. The number of aryl methyl sites for hydroxylation is 2. The smallest absolute Gasteiger partial charge is 0.322 e. The van der Waals surface area contributed by atoms with Gasteiger partial charge in [0.15, 0.2) is 0 Å². The Labute approximate surface area is 170 Å². The zero-order chi connectivity index (χ0) is 20.4. The third kappa shape index (κ3) is 4.01. The highest BCUT2D eigenvalue weighted by molar-refractivity contribution is 5.90. The Hall–Kier alpha value is -3.15. The van der Waals surface area contributed by atoms with E-state index < -0.39 is 0 Å². The molecule has 0 radical (unpaired) electrons. The van der Waals surface area contributed by atoms with Crippen LogP contribution in [-0.4, -0.2) is 27.6 Å². The van der Waals surface area contributed by atoms with Gasteiger partial charge >= 0.3 is 6.03 Å². The molecular formula is C23H26N4O2. The minimum absolute atomic E-state index is 0.126. The fraction of sp³-hybridized carbons (Fsp3) is 0.348. The number of hydrogen-bond acceptors (Lipinski definition) is 4. The van der Waals surface area contributed by atoms with Crippen molar-refractivity contribution in [1.29, 1.82) is 0 Å². The molecule has 4 rings (SSSR count). The van der Waals surface area contributed by atoms with E-state index in [0.29, 0.717) is 18.3 Å². The molecule has 0 aliphatic carbocycles. The van der Waals surface area contributed by atoms with Crippen LogP contribution in [0.3, 0.4) is 0 Å². The second-order valence-electron chi connectivity index (χ2n) is 7.71. The molecule has 2 heterocycles. The maximum atomic E-state index is 13.1. The molecule has 0 bridgehead atoms. The van der Waals surface area contributed by atoms with E-state index in [9.17, 15) is 4.79 Å². The molecule has 1 saturated heterocycles. The van der Waals surface area contributed by atoms with Crippen molar-refractivity contribution in [2.24, 2.45) is 0 Å². The molecule has 0 unspecified atom stereocenters. The summed E-state index contributed by atoms with van der Waals surface area (Å²) in [4.78, 5) is 19.5. The van der Waals surface area contributed by atoms with Crippen LogP contribution in [0.4, 0.5) is 10.5 Å². The quantitative estimate of drug-likeness (QED) is 0.648. The lowest BCUT2D eigenvalue weighted by atomic mass is 10.0. The van der Waals surface area contributed by atoms with E-state index in [1.807, 2.05) is 68.1 Å². The number of urea groups is 1. The largest absolute Gasteiger partial charge is 0.337 e. The summed E-state index contributed by atoms with van der Waals surface area (Å²) in [6.07, 6.45) is 2.81. The van der Waals surface area contributed by atoms with E-state index in [1.165, 1.54) is 0 Å². The number of likely N-dealkylation sites (tertiary alicyclic amines) is 1. The highest BCUT2D eigenvalue weighted by atomic mass is 16.5. The molecule has 6 nitrogen and oxygen atoms in total. The first kappa shape index (κ1) is 19.2. The van der Waals surface area contributed by atoms with E-state index in [-0.39, 0.29) is 12.1 Å². The number of carbonyl (C=O) groups excluding carboxylic acids is 1. The van der Waals surface area contributed by atoms with Gasteiger partial charge in [-0.3, -0.25) is 0 Å². The molecule has 1 fully saturated rings. The van der Waals surface area contributed by atoms with Crippen molar-refractivity contribution in [3.05, 3.63) is 65.0 Å². The van der Waals surface area contributed by atoms with Crippen molar-refractivity contribution in [1.82, 2.24) is 15.0 Å². The van der Waals surface area contributed by atoms with Crippen LogP contribution in [0, 0.1) is 20.8 Å². The monoisotopic (exact) mass is 390 g/mol. The number of nitrogens with zero attached hydrogens (tertiary/aromatic N) is 3. The number of carbonyl (C=O) groups is 1. The molecule has 1 atom stereocenters. The van der Waals surface area contributed by atoms with E-state index in [2.05, 4.69) is 15.5 Å². The summed E-state index contributed by atoms with van der Waals surface area (Å²) in [5, 5.41) is 7.23. The normalized spacial score (nSPS) is 16.7. The number of anilines is 1. The Bertz CT molecular complexity index is 1030.